The fourth-order valence-corrected chi connectivity index (χ4v) is 2.86. The van der Waals surface area contributed by atoms with E-state index < -0.39 is 0 Å². The lowest BCUT2D eigenvalue weighted by Gasteiger charge is -2.21. The maximum Gasteiger partial charge on any atom is 0.0376 e. The molecule has 1 N–H and O–H groups in total. The molecule has 2 aromatic rings. The number of hydrogen-bond donors (Lipinski definition) is 1. The van der Waals surface area contributed by atoms with Crippen LogP contribution in [0.1, 0.15) is 17.0 Å². The second-order valence-electron chi connectivity index (χ2n) is 5.53. The van der Waals surface area contributed by atoms with Crippen LogP contribution in [0.4, 0.5) is 5.69 Å². The Morgan fingerprint density at radius 1 is 1.20 bits per heavy atom. The molecule has 0 radical (unpaired) electrons. The summed E-state index contributed by atoms with van der Waals surface area (Å²) in [7, 11) is 2.21. The van der Waals surface area contributed by atoms with Crippen molar-refractivity contribution in [1.82, 2.24) is 9.88 Å². The number of hydrogen-bond acceptors (Lipinski definition) is 3. The zero-order valence-corrected chi connectivity index (χ0v) is 11.9. The van der Waals surface area contributed by atoms with Gasteiger partial charge in [0.05, 0.1) is 0 Å². The number of para-hydroxylation sites is 1. The summed E-state index contributed by atoms with van der Waals surface area (Å²) in [6, 6.07) is 12.8. The van der Waals surface area contributed by atoms with Gasteiger partial charge in [0, 0.05) is 43.6 Å². The van der Waals surface area contributed by atoms with E-state index in [1.54, 1.807) is 0 Å². The van der Waals surface area contributed by atoms with Crippen molar-refractivity contribution in [2.45, 2.75) is 12.3 Å². The van der Waals surface area contributed by atoms with Crippen LogP contribution in [0, 0.1) is 0 Å². The highest BCUT2D eigenvalue weighted by molar-refractivity contribution is 5.57. The second kappa shape index (κ2) is 6.06. The Kier molecular flexibility index (Phi) is 3.97. The molecule has 104 valence electrons. The van der Waals surface area contributed by atoms with Crippen LogP contribution in [0.3, 0.4) is 0 Å². The van der Waals surface area contributed by atoms with Crippen molar-refractivity contribution < 1.29 is 0 Å². The molecule has 3 nitrogen and oxygen atoms in total. The lowest BCUT2D eigenvalue weighted by molar-refractivity contribution is 0.321. The Morgan fingerprint density at radius 2 is 2.00 bits per heavy atom. The Hall–Kier alpha value is -1.87. The smallest absolute Gasteiger partial charge is 0.0376 e. The minimum atomic E-state index is 0.605. The SMILES string of the molecule is CN(CCc1ccncc1)CC1CNc2ccccc21. The van der Waals surface area contributed by atoms with Crippen LogP contribution in [0.15, 0.2) is 48.8 Å². The minimum absolute atomic E-state index is 0.605. The fraction of sp³-hybridized carbons (Fsp3) is 0.353. The predicted octanol–water partition coefficient (Wildman–Crippen LogP) is 2.77. The first-order valence-corrected chi connectivity index (χ1v) is 7.23. The first-order valence-electron chi connectivity index (χ1n) is 7.23. The van der Waals surface area contributed by atoms with Crippen molar-refractivity contribution in [3.63, 3.8) is 0 Å². The summed E-state index contributed by atoms with van der Waals surface area (Å²) in [6.07, 6.45) is 4.82. The molecule has 0 saturated heterocycles. The van der Waals surface area contributed by atoms with Crippen molar-refractivity contribution in [2.24, 2.45) is 0 Å². The number of benzene rings is 1. The van der Waals surface area contributed by atoms with E-state index in [9.17, 15) is 0 Å². The predicted molar refractivity (Wildman–Crippen MR) is 83.1 cm³/mol. The lowest BCUT2D eigenvalue weighted by atomic mass is 10.0. The van der Waals surface area contributed by atoms with Gasteiger partial charge in [-0.2, -0.15) is 0 Å². The summed E-state index contributed by atoms with van der Waals surface area (Å²) in [4.78, 5) is 6.48. The third-order valence-electron chi connectivity index (χ3n) is 4.00. The van der Waals surface area contributed by atoms with Crippen LogP contribution in [-0.2, 0) is 6.42 Å². The molecular formula is C17H21N3. The van der Waals surface area contributed by atoms with Crippen molar-refractivity contribution in [1.29, 1.82) is 0 Å². The van der Waals surface area contributed by atoms with E-state index >= 15 is 0 Å². The zero-order chi connectivity index (χ0) is 13.8. The van der Waals surface area contributed by atoms with Gasteiger partial charge in [0.2, 0.25) is 0 Å². The molecule has 1 aromatic carbocycles. The summed E-state index contributed by atoms with van der Waals surface area (Å²) in [6.45, 7) is 3.25. The molecule has 1 aromatic heterocycles. The van der Waals surface area contributed by atoms with Crippen LogP contribution in [0.5, 0.6) is 0 Å². The maximum atomic E-state index is 4.06. The molecule has 0 fully saturated rings. The van der Waals surface area contributed by atoms with Crippen molar-refractivity contribution in [3.05, 3.63) is 59.9 Å². The zero-order valence-electron chi connectivity index (χ0n) is 11.9. The molecule has 1 atom stereocenters. The number of rotatable bonds is 5. The number of anilines is 1. The van der Waals surface area contributed by atoms with Crippen molar-refractivity contribution in [3.8, 4) is 0 Å². The molecule has 3 rings (SSSR count). The van der Waals surface area contributed by atoms with E-state index in [4.69, 9.17) is 0 Å². The van der Waals surface area contributed by atoms with Gasteiger partial charge in [-0.05, 0) is 42.8 Å². The topological polar surface area (TPSA) is 28.2 Å². The van der Waals surface area contributed by atoms with E-state index in [0.29, 0.717) is 5.92 Å². The fourth-order valence-electron chi connectivity index (χ4n) is 2.86. The quantitative estimate of drug-likeness (QED) is 0.903. The largest absolute Gasteiger partial charge is 0.384 e. The van der Waals surface area contributed by atoms with Crippen LogP contribution in [0.25, 0.3) is 0 Å². The third kappa shape index (κ3) is 2.99. The van der Waals surface area contributed by atoms with Gasteiger partial charge < -0.3 is 10.2 Å². The summed E-state index contributed by atoms with van der Waals surface area (Å²) >= 11 is 0. The van der Waals surface area contributed by atoms with Gasteiger partial charge in [0.25, 0.3) is 0 Å². The van der Waals surface area contributed by atoms with E-state index in [1.807, 2.05) is 12.4 Å². The van der Waals surface area contributed by atoms with Gasteiger partial charge in [0.1, 0.15) is 0 Å². The summed E-state index contributed by atoms with van der Waals surface area (Å²) in [5.41, 5.74) is 4.13. The van der Waals surface area contributed by atoms with Gasteiger partial charge in [-0.1, -0.05) is 18.2 Å². The van der Waals surface area contributed by atoms with Crippen LogP contribution >= 0.6 is 0 Å². The summed E-state index contributed by atoms with van der Waals surface area (Å²) in [5.74, 6) is 0.605. The number of likely N-dealkylation sites (N-methyl/N-ethyl adjacent to an activating group) is 1. The molecule has 2 heterocycles. The molecule has 20 heavy (non-hydrogen) atoms. The van der Waals surface area contributed by atoms with Gasteiger partial charge >= 0.3 is 0 Å². The van der Waals surface area contributed by atoms with Crippen molar-refractivity contribution in [2.75, 3.05) is 32.0 Å². The molecule has 0 amide bonds. The number of nitrogens with zero attached hydrogens (tertiary/aromatic N) is 2. The monoisotopic (exact) mass is 267 g/mol. The molecule has 1 unspecified atom stereocenters. The molecule has 3 heteroatoms. The normalized spacial score (nSPS) is 17.0. The standard InChI is InChI=1S/C17H21N3/c1-20(11-8-14-6-9-18-10-7-14)13-15-12-19-17-5-3-2-4-16(15)17/h2-7,9-10,15,19H,8,11-13H2,1H3. The van der Waals surface area contributed by atoms with E-state index in [0.717, 1.165) is 26.1 Å². The Bertz CT molecular complexity index is 553. The summed E-state index contributed by atoms with van der Waals surface area (Å²) < 4.78 is 0. The molecule has 0 spiro atoms. The van der Waals surface area contributed by atoms with Gasteiger partial charge in [0.15, 0.2) is 0 Å². The highest BCUT2D eigenvalue weighted by Crippen LogP contribution is 2.31. The molecule has 0 bridgehead atoms. The Morgan fingerprint density at radius 3 is 2.85 bits per heavy atom. The number of pyridine rings is 1. The van der Waals surface area contributed by atoms with Crippen LogP contribution < -0.4 is 5.32 Å². The van der Waals surface area contributed by atoms with E-state index in [1.165, 1.54) is 16.8 Å². The Balaban J connectivity index is 1.54. The Labute approximate surface area is 120 Å². The molecule has 1 aliphatic heterocycles. The van der Waals surface area contributed by atoms with Gasteiger partial charge in [-0.15, -0.1) is 0 Å². The second-order valence-corrected chi connectivity index (χ2v) is 5.53. The highest BCUT2D eigenvalue weighted by Gasteiger charge is 2.22. The van der Waals surface area contributed by atoms with Crippen molar-refractivity contribution >= 4 is 5.69 Å². The van der Waals surface area contributed by atoms with E-state index in [2.05, 4.69) is 58.6 Å². The summed E-state index contributed by atoms with van der Waals surface area (Å²) in [5, 5.41) is 3.49. The average Bonchev–Trinajstić information content (AvgIpc) is 2.90. The lowest BCUT2D eigenvalue weighted by Crippen LogP contribution is -2.27. The number of aromatic nitrogens is 1. The van der Waals surface area contributed by atoms with Crippen LogP contribution in [-0.4, -0.2) is 36.6 Å². The minimum Gasteiger partial charge on any atom is -0.384 e. The molecular weight excluding hydrogens is 246 g/mol. The molecule has 0 aliphatic carbocycles. The first kappa shape index (κ1) is 13.1. The molecule has 1 aliphatic rings. The van der Waals surface area contributed by atoms with Gasteiger partial charge in [-0.3, -0.25) is 4.98 Å². The van der Waals surface area contributed by atoms with Gasteiger partial charge in [-0.25, -0.2) is 0 Å². The molecule has 0 saturated carbocycles. The highest BCUT2D eigenvalue weighted by atomic mass is 15.1. The number of nitrogens with one attached hydrogen (secondary N) is 1. The van der Waals surface area contributed by atoms with E-state index in [-0.39, 0.29) is 0 Å². The third-order valence-corrected chi connectivity index (χ3v) is 4.00. The average molecular weight is 267 g/mol. The maximum absolute atomic E-state index is 4.06. The first-order chi connectivity index (χ1) is 9.83. The van der Waals surface area contributed by atoms with Crippen LogP contribution in [0.2, 0.25) is 0 Å². The number of fused-ring (bicyclic) bond motifs is 1.